The van der Waals surface area contributed by atoms with Gasteiger partial charge in [0.1, 0.15) is 0 Å². The van der Waals surface area contributed by atoms with E-state index in [-0.39, 0.29) is 5.56 Å². The van der Waals surface area contributed by atoms with Crippen molar-refractivity contribution in [3.8, 4) is 0 Å². The highest BCUT2D eigenvalue weighted by Crippen LogP contribution is 2.15. The lowest BCUT2D eigenvalue weighted by Crippen LogP contribution is -2.20. The van der Waals surface area contributed by atoms with Crippen LogP contribution in [0.15, 0.2) is 60.9 Å². The summed E-state index contributed by atoms with van der Waals surface area (Å²) >= 11 is 0. The van der Waals surface area contributed by atoms with Gasteiger partial charge in [0.05, 0.1) is 0 Å². The zero-order valence-electron chi connectivity index (χ0n) is 10.0. The average molecular weight is 259 g/mol. The second kappa shape index (κ2) is 7.60. The highest BCUT2D eigenvalue weighted by Gasteiger charge is 2.27. The van der Waals surface area contributed by atoms with Gasteiger partial charge in [0.2, 0.25) is 0 Å². The number of hydrogen-bond donors (Lipinski definition) is 2. The Morgan fingerprint density at radius 3 is 1.63 bits per heavy atom. The standard InChI is InChI=1S/C9H8O4.C5H5N/c10-8(11)7(9(12)13)6-4-2-1-3-5-6;1-2-4-6-5-3-1/h1-5,7H,(H,10,11)(H,12,13);1-5H. The molecule has 2 aromatic rings. The third-order valence-electron chi connectivity index (χ3n) is 2.19. The molecule has 0 aliphatic carbocycles. The van der Waals surface area contributed by atoms with Crippen molar-refractivity contribution in [1.82, 2.24) is 4.98 Å². The Morgan fingerprint density at radius 2 is 1.32 bits per heavy atom. The van der Waals surface area contributed by atoms with Crippen LogP contribution in [0.25, 0.3) is 0 Å². The summed E-state index contributed by atoms with van der Waals surface area (Å²) in [5.41, 5.74) is 0.280. The molecule has 0 radical (unpaired) electrons. The van der Waals surface area contributed by atoms with Crippen LogP contribution in [0.4, 0.5) is 0 Å². The van der Waals surface area contributed by atoms with Gasteiger partial charge in [0.25, 0.3) is 0 Å². The van der Waals surface area contributed by atoms with E-state index in [1.54, 1.807) is 30.6 Å². The van der Waals surface area contributed by atoms with Crippen molar-refractivity contribution in [3.63, 3.8) is 0 Å². The molecule has 0 amide bonds. The van der Waals surface area contributed by atoms with Crippen LogP contribution in [0.3, 0.4) is 0 Å². The summed E-state index contributed by atoms with van der Waals surface area (Å²) in [4.78, 5) is 24.9. The molecule has 5 nitrogen and oxygen atoms in total. The average Bonchev–Trinajstić information content (AvgIpc) is 2.42. The molecule has 1 heterocycles. The van der Waals surface area contributed by atoms with Gasteiger partial charge in [0, 0.05) is 12.4 Å². The molecule has 98 valence electrons. The summed E-state index contributed by atoms with van der Waals surface area (Å²) < 4.78 is 0. The van der Waals surface area contributed by atoms with Gasteiger partial charge in [0.15, 0.2) is 5.92 Å². The molecule has 0 unspecified atom stereocenters. The number of carboxylic acids is 2. The van der Waals surface area contributed by atoms with Gasteiger partial charge in [-0.25, -0.2) is 0 Å². The molecule has 2 rings (SSSR count). The van der Waals surface area contributed by atoms with Crippen LogP contribution in [-0.2, 0) is 9.59 Å². The normalized spacial score (nSPS) is 9.32. The Kier molecular flexibility index (Phi) is 5.75. The van der Waals surface area contributed by atoms with Crippen LogP contribution >= 0.6 is 0 Å². The van der Waals surface area contributed by atoms with Crippen LogP contribution in [0, 0.1) is 0 Å². The number of aliphatic carboxylic acids is 2. The van der Waals surface area contributed by atoms with Crippen molar-refractivity contribution in [2.24, 2.45) is 0 Å². The van der Waals surface area contributed by atoms with Gasteiger partial charge in [-0.3, -0.25) is 14.6 Å². The fourth-order valence-electron chi connectivity index (χ4n) is 1.35. The molecule has 0 bridgehead atoms. The smallest absolute Gasteiger partial charge is 0.322 e. The molecular formula is C14H13NO4. The Labute approximate surface area is 110 Å². The topological polar surface area (TPSA) is 87.5 Å². The van der Waals surface area contributed by atoms with E-state index in [0.29, 0.717) is 0 Å². The van der Waals surface area contributed by atoms with Crippen molar-refractivity contribution in [1.29, 1.82) is 0 Å². The molecule has 0 saturated carbocycles. The van der Waals surface area contributed by atoms with E-state index in [0.717, 1.165) is 0 Å². The maximum absolute atomic E-state index is 10.6. The lowest BCUT2D eigenvalue weighted by Gasteiger charge is -2.06. The number of pyridine rings is 1. The van der Waals surface area contributed by atoms with E-state index in [1.165, 1.54) is 12.1 Å². The first kappa shape index (κ1) is 14.4. The zero-order chi connectivity index (χ0) is 14.1. The number of carbonyl (C=O) groups is 2. The molecule has 0 spiro atoms. The van der Waals surface area contributed by atoms with Crippen molar-refractivity contribution in [3.05, 3.63) is 66.5 Å². The van der Waals surface area contributed by atoms with E-state index in [2.05, 4.69) is 4.98 Å². The van der Waals surface area contributed by atoms with Crippen molar-refractivity contribution < 1.29 is 19.8 Å². The second-order valence-corrected chi connectivity index (χ2v) is 3.54. The lowest BCUT2D eigenvalue weighted by atomic mass is 10.00. The summed E-state index contributed by atoms with van der Waals surface area (Å²) in [6, 6.07) is 13.6. The first-order valence-electron chi connectivity index (χ1n) is 5.48. The number of aromatic nitrogens is 1. The molecule has 1 aromatic carbocycles. The van der Waals surface area contributed by atoms with Crippen LogP contribution < -0.4 is 0 Å². The molecule has 0 saturated heterocycles. The van der Waals surface area contributed by atoms with Crippen LogP contribution in [-0.4, -0.2) is 27.1 Å². The molecule has 0 atom stereocenters. The third-order valence-corrected chi connectivity index (χ3v) is 2.19. The Balaban J connectivity index is 0.000000250. The van der Waals surface area contributed by atoms with E-state index in [1.807, 2.05) is 18.2 Å². The Bertz CT molecular complexity index is 473. The number of benzene rings is 1. The zero-order valence-corrected chi connectivity index (χ0v) is 10.0. The molecule has 0 fully saturated rings. The van der Waals surface area contributed by atoms with Gasteiger partial charge >= 0.3 is 11.9 Å². The number of carboxylic acid groups (broad SMARTS) is 2. The van der Waals surface area contributed by atoms with Crippen LogP contribution in [0.1, 0.15) is 11.5 Å². The van der Waals surface area contributed by atoms with Crippen LogP contribution in [0.5, 0.6) is 0 Å². The third kappa shape index (κ3) is 4.99. The van der Waals surface area contributed by atoms with Gasteiger partial charge in [-0.2, -0.15) is 0 Å². The summed E-state index contributed by atoms with van der Waals surface area (Å²) in [6.07, 6.45) is 3.50. The molecule has 1 aromatic heterocycles. The maximum Gasteiger partial charge on any atom is 0.322 e. The summed E-state index contributed by atoms with van der Waals surface area (Å²) in [6.45, 7) is 0. The predicted octanol–water partition coefficient (Wildman–Crippen LogP) is 2.02. The van der Waals surface area contributed by atoms with E-state index >= 15 is 0 Å². The van der Waals surface area contributed by atoms with Crippen molar-refractivity contribution >= 4 is 11.9 Å². The fourth-order valence-corrected chi connectivity index (χ4v) is 1.35. The minimum Gasteiger partial charge on any atom is -0.480 e. The minimum atomic E-state index is -1.47. The van der Waals surface area contributed by atoms with Gasteiger partial charge in [-0.15, -0.1) is 0 Å². The highest BCUT2D eigenvalue weighted by atomic mass is 16.4. The molecular weight excluding hydrogens is 246 g/mol. The van der Waals surface area contributed by atoms with Crippen molar-refractivity contribution in [2.75, 3.05) is 0 Å². The lowest BCUT2D eigenvalue weighted by molar-refractivity contribution is -0.150. The van der Waals surface area contributed by atoms with E-state index in [9.17, 15) is 9.59 Å². The Hall–Kier alpha value is -2.69. The Morgan fingerprint density at radius 1 is 0.842 bits per heavy atom. The van der Waals surface area contributed by atoms with Gasteiger partial charge < -0.3 is 10.2 Å². The first-order valence-corrected chi connectivity index (χ1v) is 5.48. The van der Waals surface area contributed by atoms with Gasteiger partial charge in [-0.1, -0.05) is 36.4 Å². The first-order chi connectivity index (χ1) is 9.13. The van der Waals surface area contributed by atoms with Crippen LogP contribution in [0.2, 0.25) is 0 Å². The van der Waals surface area contributed by atoms with Crippen molar-refractivity contribution in [2.45, 2.75) is 5.92 Å². The number of hydrogen-bond acceptors (Lipinski definition) is 3. The predicted molar refractivity (Wildman–Crippen MR) is 68.7 cm³/mol. The molecule has 5 heteroatoms. The summed E-state index contributed by atoms with van der Waals surface area (Å²) in [5.74, 6) is -4.17. The van der Waals surface area contributed by atoms with E-state index in [4.69, 9.17) is 10.2 Å². The monoisotopic (exact) mass is 259 g/mol. The number of nitrogens with zero attached hydrogens (tertiary/aromatic N) is 1. The quantitative estimate of drug-likeness (QED) is 0.823. The SMILES string of the molecule is O=C(O)C(C(=O)O)c1ccccc1.c1ccncc1. The maximum atomic E-state index is 10.6. The largest absolute Gasteiger partial charge is 0.480 e. The second-order valence-electron chi connectivity index (χ2n) is 3.54. The molecule has 19 heavy (non-hydrogen) atoms. The summed E-state index contributed by atoms with van der Waals surface area (Å²) in [7, 11) is 0. The van der Waals surface area contributed by atoms with Gasteiger partial charge in [-0.05, 0) is 17.7 Å². The number of rotatable bonds is 3. The van der Waals surface area contributed by atoms with E-state index < -0.39 is 17.9 Å². The fraction of sp³-hybridized carbons (Fsp3) is 0.0714. The molecule has 0 aliphatic heterocycles. The summed E-state index contributed by atoms with van der Waals surface area (Å²) in [5, 5.41) is 17.2. The molecule has 2 N–H and O–H groups in total. The molecule has 0 aliphatic rings. The highest BCUT2D eigenvalue weighted by molar-refractivity contribution is 5.98. The minimum absolute atomic E-state index is 0.280.